The first-order valence-electron chi connectivity index (χ1n) is 8.11. The second-order valence-electron chi connectivity index (χ2n) is 5.73. The van der Waals surface area contributed by atoms with Gasteiger partial charge in [-0.1, -0.05) is 18.7 Å². The summed E-state index contributed by atoms with van der Waals surface area (Å²) in [6.45, 7) is 11.9. The molecule has 0 aliphatic rings. The van der Waals surface area contributed by atoms with Gasteiger partial charge in [-0.2, -0.15) is 5.10 Å². The molecule has 1 aromatic carbocycles. The quantitative estimate of drug-likeness (QED) is 0.716. The summed E-state index contributed by atoms with van der Waals surface area (Å²) in [6, 6.07) is 5.96. The molecule has 6 heteroatoms. The van der Waals surface area contributed by atoms with Crippen molar-refractivity contribution in [3.63, 3.8) is 0 Å². The molecule has 1 atom stereocenters. The number of hydrogen-bond acceptors (Lipinski definition) is 5. The van der Waals surface area contributed by atoms with Crippen molar-refractivity contribution < 1.29 is 9.47 Å². The van der Waals surface area contributed by atoms with Gasteiger partial charge in [-0.25, -0.2) is 9.67 Å². The van der Waals surface area contributed by atoms with Crippen molar-refractivity contribution in [2.75, 3.05) is 13.7 Å². The number of hydrogen-bond donors (Lipinski definition) is 1. The van der Waals surface area contributed by atoms with E-state index in [4.69, 9.17) is 9.47 Å². The topological polar surface area (TPSA) is 61.2 Å². The second kappa shape index (κ2) is 8.49. The van der Waals surface area contributed by atoms with Crippen molar-refractivity contribution in [1.29, 1.82) is 0 Å². The minimum absolute atomic E-state index is 0.0765. The van der Waals surface area contributed by atoms with Gasteiger partial charge < -0.3 is 14.8 Å². The smallest absolute Gasteiger partial charge is 0.166 e. The molecule has 2 rings (SSSR count). The summed E-state index contributed by atoms with van der Waals surface area (Å²) >= 11 is 0. The van der Waals surface area contributed by atoms with Crippen LogP contribution in [0.25, 0.3) is 0 Å². The molecule has 130 valence electrons. The van der Waals surface area contributed by atoms with Crippen LogP contribution in [0.1, 0.15) is 38.2 Å². The number of methoxy groups -OCH3 is 1. The van der Waals surface area contributed by atoms with Gasteiger partial charge in [0.05, 0.1) is 13.2 Å². The summed E-state index contributed by atoms with van der Waals surface area (Å²) < 4.78 is 13.2. The minimum atomic E-state index is 0.0765. The van der Waals surface area contributed by atoms with Gasteiger partial charge in [-0.15, -0.1) is 0 Å². The van der Waals surface area contributed by atoms with Crippen molar-refractivity contribution in [3.05, 3.63) is 48.1 Å². The van der Waals surface area contributed by atoms with Crippen LogP contribution >= 0.6 is 0 Å². The van der Waals surface area contributed by atoms with E-state index in [1.807, 2.05) is 29.8 Å². The summed E-state index contributed by atoms with van der Waals surface area (Å²) in [4.78, 5) is 4.34. The first kappa shape index (κ1) is 18.0. The standard InChI is InChI=1S/C18H26N4O2/c1-6-22-18(20-12-21-22)14(4)19-10-15-8-7-9-16(23-5)17(15)24-11-13(2)3/h7-9,12,14,19H,2,6,10-11H2,1,3-5H3/t14-/m1/s1. The predicted molar refractivity (Wildman–Crippen MR) is 94.3 cm³/mol. The fourth-order valence-corrected chi connectivity index (χ4v) is 2.43. The highest BCUT2D eigenvalue weighted by molar-refractivity contribution is 5.46. The van der Waals surface area contributed by atoms with Gasteiger partial charge in [0.15, 0.2) is 11.5 Å². The van der Waals surface area contributed by atoms with Crippen LogP contribution in [0.2, 0.25) is 0 Å². The molecular weight excluding hydrogens is 304 g/mol. The Bertz CT molecular complexity index is 681. The van der Waals surface area contributed by atoms with Crippen LogP contribution in [0.4, 0.5) is 0 Å². The molecule has 0 saturated carbocycles. The number of aryl methyl sites for hydroxylation is 1. The number of ether oxygens (including phenoxy) is 2. The minimum Gasteiger partial charge on any atom is -0.493 e. The molecule has 0 amide bonds. The maximum absolute atomic E-state index is 5.89. The van der Waals surface area contributed by atoms with Crippen LogP contribution in [-0.4, -0.2) is 28.5 Å². The molecule has 1 heterocycles. The van der Waals surface area contributed by atoms with E-state index in [9.17, 15) is 0 Å². The van der Waals surface area contributed by atoms with Crippen LogP contribution in [-0.2, 0) is 13.1 Å². The van der Waals surface area contributed by atoms with E-state index in [1.54, 1.807) is 13.4 Å². The molecule has 0 aliphatic carbocycles. The summed E-state index contributed by atoms with van der Waals surface area (Å²) in [6.07, 6.45) is 1.59. The molecule has 1 N–H and O–H groups in total. The van der Waals surface area contributed by atoms with Gasteiger partial charge in [0.2, 0.25) is 0 Å². The normalized spacial score (nSPS) is 12.0. The van der Waals surface area contributed by atoms with Gasteiger partial charge >= 0.3 is 0 Å². The van der Waals surface area contributed by atoms with Crippen molar-refractivity contribution in [2.24, 2.45) is 0 Å². The van der Waals surface area contributed by atoms with Crippen molar-refractivity contribution in [3.8, 4) is 11.5 Å². The first-order valence-corrected chi connectivity index (χ1v) is 8.11. The van der Waals surface area contributed by atoms with E-state index in [0.29, 0.717) is 13.2 Å². The number of aromatic nitrogens is 3. The first-order chi connectivity index (χ1) is 11.6. The molecular formula is C18H26N4O2. The Kier molecular flexibility index (Phi) is 6.37. The number of benzene rings is 1. The molecule has 0 saturated heterocycles. The zero-order chi connectivity index (χ0) is 17.5. The number of para-hydroxylation sites is 1. The molecule has 0 unspecified atom stereocenters. The van der Waals surface area contributed by atoms with Crippen molar-refractivity contribution in [2.45, 2.75) is 39.9 Å². The van der Waals surface area contributed by atoms with Crippen LogP contribution < -0.4 is 14.8 Å². The lowest BCUT2D eigenvalue weighted by atomic mass is 10.1. The lowest BCUT2D eigenvalue weighted by Gasteiger charge is -2.18. The zero-order valence-corrected chi connectivity index (χ0v) is 14.9. The summed E-state index contributed by atoms with van der Waals surface area (Å²) in [7, 11) is 1.65. The van der Waals surface area contributed by atoms with Gasteiger partial charge in [-0.05, 0) is 32.4 Å². The van der Waals surface area contributed by atoms with Crippen LogP contribution in [0, 0.1) is 0 Å². The van der Waals surface area contributed by atoms with Gasteiger partial charge in [0.1, 0.15) is 18.8 Å². The highest BCUT2D eigenvalue weighted by atomic mass is 16.5. The van der Waals surface area contributed by atoms with E-state index in [-0.39, 0.29) is 6.04 Å². The molecule has 0 radical (unpaired) electrons. The lowest BCUT2D eigenvalue weighted by molar-refractivity contribution is 0.314. The number of nitrogens with one attached hydrogen (secondary N) is 1. The summed E-state index contributed by atoms with van der Waals surface area (Å²) in [5.41, 5.74) is 1.99. The Balaban J connectivity index is 2.12. The SMILES string of the molecule is C=C(C)COc1c(CN[C@H](C)c2ncnn2CC)cccc1OC. The lowest BCUT2D eigenvalue weighted by Crippen LogP contribution is -2.22. The zero-order valence-electron chi connectivity index (χ0n) is 14.9. The summed E-state index contributed by atoms with van der Waals surface area (Å²) in [5.74, 6) is 2.39. The third-order valence-electron chi connectivity index (χ3n) is 3.67. The van der Waals surface area contributed by atoms with E-state index < -0.39 is 0 Å². The Hall–Kier alpha value is -2.34. The highest BCUT2D eigenvalue weighted by Gasteiger charge is 2.15. The molecule has 24 heavy (non-hydrogen) atoms. The van der Waals surface area contributed by atoms with Gasteiger partial charge in [0, 0.05) is 18.7 Å². The monoisotopic (exact) mass is 330 g/mol. The fourth-order valence-electron chi connectivity index (χ4n) is 2.43. The third kappa shape index (κ3) is 4.35. The van der Waals surface area contributed by atoms with Crippen LogP contribution in [0.3, 0.4) is 0 Å². The van der Waals surface area contributed by atoms with E-state index in [2.05, 4.69) is 35.8 Å². The number of nitrogens with zero attached hydrogens (tertiary/aromatic N) is 3. The Labute approximate surface area is 143 Å². The Morgan fingerprint density at radius 3 is 2.88 bits per heavy atom. The second-order valence-corrected chi connectivity index (χ2v) is 5.73. The molecule has 0 fully saturated rings. The van der Waals surface area contributed by atoms with Crippen LogP contribution in [0.5, 0.6) is 11.5 Å². The van der Waals surface area contributed by atoms with Crippen LogP contribution in [0.15, 0.2) is 36.7 Å². The van der Waals surface area contributed by atoms with Crippen molar-refractivity contribution in [1.82, 2.24) is 20.1 Å². The molecule has 6 nitrogen and oxygen atoms in total. The average molecular weight is 330 g/mol. The van der Waals surface area contributed by atoms with Gasteiger partial charge in [-0.3, -0.25) is 0 Å². The van der Waals surface area contributed by atoms with E-state index in [0.717, 1.165) is 35.0 Å². The van der Waals surface area contributed by atoms with Crippen molar-refractivity contribution >= 4 is 0 Å². The Morgan fingerprint density at radius 1 is 1.42 bits per heavy atom. The molecule has 0 bridgehead atoms. The predicted octanol–water partition coefficient (Wildman–Crippen LogP) is 3.11. The highest BCUT2D eigenvalue weighted by Crippen LogP contribution is 2.31. The maximum atomic E-state index is 5.89. The van der Waals surface area contributed by atoms with E-state index >= 15 is 0 Å². The summed E-state index contributed by atoms with van der Waals surface area (Å²) in [5, 5.41) is 7.69. The largest absolute Gasteiger partial charge is 0.493 e. The molecule has 0 aliphatic heterocycles. The molecule has 0 spiro atoms. The molecule has 2 aromatic rings. The van der Waals surface area contributed by atoms with E-state index in [1.165, 1.54) is 0 Å². The average Bonchev–Trinajstić information content (AvgIpc) is 3.06. The maximum Gasteiger partial charge on any atom is 0.166 e. The number of rotatable bonds is 9. The fraction of sp³-hybridized carbons (Fsp3) is 0.444. The third-order valence-corrected chi connectivity index (χ3v) is 3.67. The van der Waals surface area contributed by atoms with Gasteiger partial charge in [0.25, 0.3) is 0 Å². The Morgan fingerprint density at radius 2 is 2.21 bits per heavy atom. The molecule has 1 aromatic heterocycles.